The maximum Gasteiger partial charge on any atom is 0.292 e. The number of ether oxygens (including phenoxy) is 1. The average molecular weight is 376 g/mol. The van der Waals surface area contributed by atoms with Gasteiger partial charge in [-0.05, 0) is 24.3 Å². The number of quaternary nitrogens is 2. The van der Waals surface area contributed by atoms with Crippen molar-refractivity contribution in [2.45, 2.75) is 25.8 Å². The van der Waals surface area contributed by atoms with Crippen molar-refractivity contribution in [3.8, 4) is 0 Å². The summed E-state index contributed by atoms with van der Waals surface area (Å²) in [6.45, 7) is 7.08. The lowest BCUT2D eigenvalue weighted by Gasteiger charge is -2.23. The standard InChI is InChI=1S/C19H26N4O4/c1-14(24)21-15-3-5-16(6-4-15)23-18(25)13-17(19(23)26)20-7-2-8-22-9-11-27-12-10-22/h3-6,17,20H,2,7-13H2,1H3,(H,21,24)/p+2/t17-/m1/s1. The molecule has 1 aromatic rings. The molecule has 2 saturated heterocycles. The van der Waals surface area contributed by atoms with Crippen LogP contribution >= 0.6 is 0 Å². The van der Waals surface area contributed by atoms with E-state index in [-0.39, 0.29) is 30.2 Å². The molecule has 146 valence electrons. The van der Waals surface area contributed by atoms with E-state index in [4.69, 9.17) is 4.74 Å². The van der Waals surface area contributed by atoms with Gasteiger partial charge in [0.25, 0.3) is 5.91 Å². The molecule has 1 atom stereocenters. The lowest BCUT2D eigenvalue weighted by molar-refractivity contribution is -0.909. The van der Waals surface area contributed by atoms with Gasteiger partial charge in [-0.3, -0.25) is 14.4 Å². The van der Waals surface area contributed by atoms with Crippen molar-refractivity contribution >= 4 is 29.1 Å². The molecule has 0 unspecified atom stereocenters. The van der Waals surface area contributed by atoms with Crippen molar-refractivity contribution in [2.24, 2.45) is 0 Å². The lowest BCUT2D eigenvalue weighted by atomic mass is 10.2. The highest BCUT2D eigenvalue weighted by molar-refractivity contribution is 6.21. The Morgan fingerprint density at radius 2 is 1.96 bits per heavy atom. The van der Waals surface area contributed by atoms with E-state index < -0.39 is 0 Å². The number of carbonyl (C=O) groups excluding carboxylic acids is 3. The number of nitrogens with two attached hydrogens (primary N) is 1. The van der Waals surface area contributed by atoms with Crippen LogP contribution in [-0.4, -0.2) is 63.2 Å². The maximum atomic E-state index is 12.7. The first-order valence-corrected chi connectivity index (χ1v) is 9.53. The van der Waals surface area contributed by atoms with E-state index >= 15 is 0 Å². The average Bonchev–Trinajstić information content (AvgIpc) is 2.94. The SMILES string of the molecule is CC(=O)Nc1ccc(N2C(=O)C[C@@H]([NH2+]CCC[NH+]3CCOCC3)C2=O)cc1. The summed E-state index contributed by atoms with van der Waals surface area (Å²) in [4.78, 5) is 38.9. The molecule has 2 heterocycles. The van der Waals surface area contributed by atoms with Crippen LogP contribution in [0.1, 0.15) is 19.8 Å². The van der Waals surface area contributed by atoms with Crippen molar-refractivity contribution < 1.29 is 29.3 Å². The number of nitrogens with zero attached hydrogens (tertiary/aromatic N) is 1. The molecule has 0 bridgehead atoms. The van der Waals surface area contributed by atoms with Crippen LogP contribution in [-0.2, 0) is 19.1 Å². The van der Waals surface area contributed by atoms with Gasteiger partial charge >= 0.3 is 0 Å². The number of benzene rings is 1. The van der Waals surface area contributed by atoms with Crippen LogP contribution < -0.4 is 20.4 Å². The molecule has 2 aliphatic rings. The van der Waals surface area contributed by atoms with Gasteiger partial charge in [0.2, 0.25) is 11.8 Å². The highest BCUT2D eigenvalue weighted by Crippen LogP contribution is 2.23. The van der Waals surface area contributed by atoms with Crippen molar-refractivity contribution in [2.75, 3.05) is 49.6 Å². The number of rotatable bonds is 7. The highest BCUT2D eigenvalue weighted by Gasteiger charge is 2.42. The zero-order valence-electron chi connectivity index (χ0n) is 15.7. The third-order valence-electron chi connectivity index (χ3n) is 5.01. The van der Waals surface area contributed by atoms with E-state index in [0.29, 0.717) is 11.4 Å². The molecule has 3 amide bonds. The van der Waals surface area contributed by atoms with Gasteiger partial charge in [0.1, 0.15) is 13.1 Å². The smallest absolute Gasteiger partial charge is 0.292 e. The second-order valence-electron chi connectivity index (χ2n) is 7.10. The Kier molecular flexibility index (Phi) is 6.54. The van der Waals surface area contributed by atoms with Gasteiger partial charge in [-0.25, -0.2) is 4.90 Å². The van der Waals surface area contributed by atoms with E-state index in [2.05, 4.69) is 5.32 Å². The Balaban J connectivity index is 1.49. The quantitative estimate of drug-likeness (QED) is 0.384. The van der Waals surface area contributed by atoms with Crippen LogP contribution in [0.15, 0.2) is 24.3 Å². The third-order valence-corrected chi connectivity index (χ3v) is 5.01. The Bertz CT molecular complexity index is 685. The lowest BCUT2D eigenvalue weighted by Crippen LogP contribution is -3.14. The van der Waals surface area contributed by atoms with Crippen LogP contribution in [0, 0.1) is 0 Å². The molecule has 0 radical (unpaired) electrons. The number of amides is 3. The second-order valence-corrected chi connectivity index (χ2v) is 7.10. The minimum Gasteiger partial charge on any atom is -0.370 e. The summed E-state index contributed by atoms with van der Waals surface area (Å²) in [5.41, 5.74) is 1.19. The number of nitrogens with one attached hydrogen (secondary N) is 2. The second kappa shape index (κ2) is 9.07. The predicted molar refractivity (Wildman–Crippen MR) is 99.4 cm³/mol. The van der Waals surface area contributed by atoms with E-state index in [9.17, 15) is 14.4 Å². The third kappa shape index (κ3) is 5.12. The number of hydrogen-bond acceptors (Lipinski definition) is 4. The van der Waals surface area contributed by atoms with Crippen molar-refractivity contribution in [1.29, 1.82) is 0 Å². The van der Waals surface area contributed by atoms with Gasteiger partial charge in [-0.15, -0.1) is 0 Å². The molecule has 4 N–H and O–H groups in total. The number of anilines is 2. The maximum absolute atomic E-state index is 12.7. The Labute approximate surface area is 158 Å². The number of morpholine rings is 1. The predicted octanol–water partition coefficient (Wildman–Crippen LogP) is -1.85. The normalized spacial score (nSPS) is 20.9. The van der Waals surface area contributed by atoms with Crippen molar-refractivity contribution in [3.05, 3.63) is 24.3 Å². The van der Waals surface area contributed by atoms with Gasteiger partial charge in [-0.1, -0.05) is 0 Å². The van der Waals surface area contributed by atoms with Gasteiger partial charge in [0, 0.05) is 19.0 Å². The Hall–Kier alpha value is -2.29. The van der Waals surface area contributed by atoms with E-state index in [1.165, 1.54) is 11.8 Å². The van der Waals surface area contributed by atoms with E-state index in [1.807, 2.05) is 5.32 Å². The van der Waals surface area contributed by atoms with Crippen LogP contribution in [0.4, 0.5) is 11.4 Å². The van der Waals surface area contributed by atoms with Crippen LogP contribution in [0.3, 0.4) is 0 Å². The molecule has 2 aliphatic heterocycles. The fourth-order valence-corrected chi connectivity index (χ4v) is 3.59. The largest absolute Gasteiger partial charge is 0.370 e. The molecular formula is C19H28N4O4+2. The van der Waals surface area contributed by atoms with Gasteiger partial charge in [-0.2, -0.15) is 0 Å². The summed E-state index contributed by atoms with van der Waals surface area (Å²) in [6, 6.07) is 6.42. The summed E-state index contributed by atoms with van der Waals surface area (Å²) in [5, 5.41) is 4.66. The topological polar surface area (TPSA) is 96.8 Å². The Morgan fingerprint density at radius 3 is 2.63 bits per heavy atom. The minimum absolute atomic E-state index is 0.161. The molecule has 0 spiro atoms. The summed E-state index contributed by atoms with van der Waals surface area (Å²) >= 11 is 0. The first-order chi connectivity index (χ1) is 13.0. The molecule has 8 heteroatoms. The fourth-order valence-electron chi connectivity index (χ4n) is 3.59. The summed E-state index contributed by atoms with van der Waals surface area (Å²) < 4.78 is 5.36. The van der Waals surface area contributed by atoms with Gasteiger partial charge < -0.3 is 20.3 Å². The van der Waals surface area contributed by atoms with Crippen LogP contribution in [0.5, 0.6) is 0 Å². The summed E-state index contributed by atoms with van der Waals surface area (Å²) in [6.07, 6.45) is 1.25. The summed E-state index contributed by atoms with van der Waals surface area (Å²) in [7, 11) is 0. The first kappa shape index (κ1) is 19.5. The van der Waals surface area contributed by atoms with Crippen molar-refractivity contribution in [3.63, 3.8) is 0 Å². The molecule has 8 nitrogen and oxygen atoms in total. The Morgan fingerprint density at radius 1 is 1.26 bits per heavy atom. The molecule has 0 aromatic heterocycles. The monoisotopic (exact) mass is 376 g/mol. The van der Waals surface area contributed by atoms with E-state index in [0.717, 1.165) is 45.8 Å². The number of hydrogen-bond donors (Lipinski definition) is 3. The molecule has 1 aromatic carbocycles. The molecule has 0 aliphatic carbocycles. The van der Waals surface area contributed by atoms with Crippen molar-refractivity contribution in [1.82, 2.24) is 0 Å². The molecule has 2 fully saturated rings. The number of carbonyl (C=O) groups is 3. The highest BCUT2D eigenvalue weighted by atomic mass is 16.5. The van der Waals surface area contributed by atoms with Crippen LogP contribution in [0.2, 0.25) is 0 Å². The molecule has 3 rings (SSSR count). The molecule has 0 saturated carbocycles. The first-order valence-electron chi connectivity index (χ1n) is 9.53. The van der Waals surface area contributed by atoms with E-state index in [1.54, 1.807) is 29.2 Å². The van der Waals surface area contributed by atoms with Gasteiger partial charge in [0.15, 0.2) is 6.04 Å². The number of imide groups is 1. The zero-order valence-corrected chi connectivity index (χ0v) is 15.7. The zero-order chi connectivity index (χ0) is 19.2. The molecule has 27 heavy (non-hydrogen) atoms. The minimum atomic E-state index is -0.341. The summed E-state index contributed by atoms with van der Waals surface area (Å²) in [5.74, 6) is -0.497. The fraction of sp³-hybridized carbons (Fsp3) is 0.526. The van der Waals surface area contributed by atoms with Gasteiger partial charge in [0.05, 0.1) is 38.4 Å². The van der Waals surface area contributed by atoms with Crippen LogP contribution in [0.25, 0.3) is 0 Å². The molecular weight excluding hydrogens is 348 g/mol.